The van der Waals surface area contributed by atoms with Crippen molar-refractivity contribution >= 4 is 17.3 Å². The molecule has 0 bridgehead atoms. The lowest BCUT2D eigenvalue weighted by atomic mass is 10.0. The van der Waals surface area contributed by atoms with Gasteiger partial charge < -0.3 is 24.9 Å². The van der Waals surface area contributed by atoms with Crippen LogP contribution in [-0.2, 0) is 11.3 Å². The number of anilines is 2. The van der Waals surface area contributed by atoms with E-state index in [9.17, 15) is 9.90 Å². The van der Waals surface area contributed by atoms with E-state index in [2.05, 4.69) is 41.7 Å². The molecule has 0 spiro atoms. The SMILES string of the molecule is O=C([O-])c1cc(NCc2ccc(-c3ccccc3)cc2)ccc1N1CCOCC1. The smallest absolute Gasteiger partial charge is 0.0736 e. The Labute approximate surface area is 170 Å². The summed E-state index contributed by atoms with van der Waals surface area (Å²) in [6.45, 7) is 3.18. The Morgan fingerprint density at radius 3 is 2.31 bits per heavy atom. The first kappa shape index (κ1) is 19.0. The van der Waals surface area contributed by atoms with Crippen LogP contribution in [0.2, 0.25) is 0 Å². The van der Waals surface area contributed by atoms with Crippen molar-refractivity contribution in [1.29, 1.82) is 0 Å². The summed E-state index contributed by atoms with van der Waals surface area (Å²) in [5, 5.41) is 15.0. The number of carboxylic acid groups (broad SMARTS) is 1. The number of nitrogens with one attached hydrogen (secondary N) is 1. The van der Waals surface area contributed by atoms with E-state index in [1.807, 2.05) is 35.2 Å². The molecule has 0 aromatic heterocycles. The van der Waals surface area contributed by atoms with Gasteiger partial charge in [0.25, 0.3) is 0 Å². The first-order chi connectivity index (χ1) is 14.2. The van der Waals surface area contributed by atoms with Crippen LogP contribution >= 0.6 is 0 Å². The molecule has 0 radical (unpaired) electrons. The fourth-order valence-corrected chi connectivity index (χ4v) is 3.54. The lowest BCUT2D eigenvalue weighted by molar-refractivity contribution is -0.254. The van der Waals surface area contributed by atoms with Crippen molar-refractivity contribution in [3.63, 3.8) is 0 Å². The van der Waals surface area contributed by atoms with Gasteiger partial charge in [-0.05, 0) is 34.9 Å². The maximum atomic E-state index is 11.7. The zero-order valence-corrected chi connectivity index (χ0v) is 16.1. The predicted octanol–water partition coefficient (Wildman–Crippen LogP) is 3.17. The quantitative estimate of drug-likeness (QED) is 0.704. The van der Waals surface area contributed by atoms with Gasteiger partial charge in [0.2, 0.25) is 0 Å². The number of morpholine rings is 1. The number of carboxylic acids is 1. The van der Waals surface area contributed by atoms with Gasteiger partial charge in [0.15, 0.2) is 0 Å². The van der Waals surface area contributed by atoms with Gasteiger partial charge in [0, 0.05) is 36.6 Å². The van der Waals surface area contributed by atoms with E-state index in [4.69, 9.17) is 4.74 Å². The molecule has 0 aliphatic carbocycles. The molecule has 0 unspecified atom stereocenters. The highest BCUT2D eigenvalue weighted by Gasteiger charge is 2.15. The predicted molar refractivity (Wildman–Crippen MR) is 113 cm³/mol. The molecular weight excluding hydrogens is 364 g/mol. The van der Waals surface area contributed by atoms with E-state index in [-0.39, 0.29) is 5.56 Å². The Hall–Kier alpha value is -3.31. The second-order valence-corrected chi connectivity index (χ2v) is 7.04. The van der Waals surface area contributed by atoms with E-state index >= 15 is 0 Å². The van der Waals surface area contributed by atoms with Crippen LogP contribution in [0.4, 0.5) is 11.4 Å². The number of aromatic carboxylic acids is 1. The first-order valence-electron chi connectivity index (χ1n) is 9.77. The van der Waals surface area contributed by atoms with E-state index in [1.54, 1.807) is 6.07 Å². The summed E-state index contributed by atoms with van der Waals surface area (Å²) in [4.78, 5) is 13.7. The largest absolute Gasteiger partial charge is 0.545 e. The van der Waals surface area contributed by atoms with Gasteiger partial charge >= 0.3 is 0 Å². The molecule has 5 heteroatoms. The molecule has 1 N–H and O–H groups in total. The van der Waals surface area contributed by atoms with Gasteiger partial charge in [-0.3, -0.25) is 0 Å². The van der Waals surface area contributed by atoms with E-state index in [1.165, 1.54) is 11.1 Å². The minimum atomic E-state index is -1.16. The molecule has 5 nitrogen and oxygen atoms in total. The van der Waals surface area contributed by atoms with Crippen LogP contribution < -0.4 is 15.3 Å². The summed E-state index contributed by atoms with van der Waals surface area (Å²) in [6.07, 6.45) is 0. The molecule has 1 fully saturated rings. The Morgan fingerprint density at radius 2 is 1.62 bits per heavy atom. The molecular formula is C24H23N2O3-. The topological polar surface area (TPSA) is 64.6 Å². The average Bonchev–Trinajstić information content (AvgIpc) is 2.79. The number of carbonyl (C=O) groups is 1. The Bertz CT molecular complexity index is 965. The molecule has 1 aliphatic rings. The third-order valence-corrected chi connectivity index (χ3v) is 5.13. The maximum absolute atomic E-state index is 11.7. The van der Waals surface area contributed by atoms with Crippen LogP contribution in [0, 0.1) is 0 Å². The number of hydrogen-bond donors (Lipinski definition) is 1. The van der Waals surface area contributed by atoms with E-state index < -0.39 is 5.97 Å². The monoisotopic (exact) mass is 387 g/mol. The summed E-state index contributed by atoms with van der Waals surface area (Å²) in [5.41, 5.74) is 5.13. The Morgan fingerprint density at radius 1 is 0.931 bits per heavy atom. The first-order valence-corrected chi connectivity index (χ1v) is 9.77. The number of carbonyl (C=O) groups excluding carboxylic acids is 1. The lowest BCUT2D eigenvalue weighted by Crippen LogP contribution is -2.38. The zero-order chi connectivity index (χ0) is 20.1. The molecule has 148 valence electrons. The van der Waals surface area contributed by atoms with Crippen LogP contribution in [0.1, 0.15) is 15.9 Å². The van der Waals surface area contributed by atoms with Crippen molar-refractivity contribution in [3.05, 3.63) is 83.9 Å². The van der Waals surface area contributed by atoms with Gasteiger partial charge in [-0.2, -0.15) is 0 Å². The van der Waals surface area contributed by atoms with Crippen molar-refractivity contribution in [2.24, 2.45) is 0 Å². The maximum Gasteiger partial charge on any atom is 0.0736 e. The Balaban J connectivity index is 1.45. The average molecular weight is 387 g/mol. The van der Waals surface area contributed by atoms with Gasteiger partial charge in [-0.1, -0.05) is 54.6 Å². The van der Waals surface area contributed by atoms with Crippen molar-refractivity contribution in [2.45, 2.75) is 6.54 Å². The molecule has 1 aliphatic heterocycles. The summed E-state index contributed by atoms with van der Waals surface area (Å²) < 4.78 is 5.35. The summed E-state index contributed by atoms with van der Waals surface area (Å²) in [5.74, 6) is -1.16. The molecule has 3 aromatic rings. The molecule has 0 amide bonds. The number of hydrogen-bond acceptors (Lipinski definition) is 5. The number of benzene rings is 3. The molecule has 1 heterocycles. The normalized spacial score (nSPS) is 13.9. The highest BCUT2D eigenvalue weighted by molar-refractivity contribution is 5.94. The fourth-order valence-electron chi connectivity index (χ4n) is 3.54. The molecule has 4 rings (SSSR count). The van der Waals surface area contributed by atoms with E-state index in [0.717, 1.165) is 11.3 Å². The molecule has 1 saturated heterocycles. The molecule has 29 heavy (non-hydrogen) atoms. The van der Waals surface area contributed by atoms with Crippen LogP contribution in [0.5, 0.6) is 0 Å². The van der Waals surface area contributed by atoms with Crippen molar-refractivity contribution in [3.8, 4) is 11.1 Å². The Kier molecular flexibility index (Phi) is 5.77. The number of ether oxygens (including phenoxy) is 1. The summed E-state index contributed by atoms with van der Waals surface area (Å²) >= 11 is 0. The summed E-state index contributed by atoms with van der Waals surface area (Å²) in [7, 11) is 0. The van der Waals surface area contributed by atoms with Crippen LogP contribution in [0.25, 0.3) is 11.1 Å². The van der Waals surface area contributed by atoms with Gasteiger partial charge in [0.05, 0.1) is 19.2 Å². The van der Waals surface area contributed by atoms with Crippen LogP contribution in [0.3, 0.4) is 0 Å². The molecule has 3 aromatic carbocycles. The second-order valence-electron chi connectivity index (χ2n) is 7.04. The van der Waals surface area contributed by atoms with Gasteiger partial charge in [0.1, 0.15) is 0 Å². The zero-order valence-electron chi connectivity index (χ0n) is 16.1. The van der Waals surface area contributed by atoms with Crippen LogP contribution in [-0.4, -0.2) is 32.3 Å². The van der Waals surface area contributed by atoms with E-state index in [0.29, 0.717) is 38.5 Å². The molecule has 0 atom stereocenters. The fraction of sp³-hybridized carbons (Fsp3) is 0.208. The van der Waals surface area contributed by atoms with Crippen LogP contribution in [0.15, 0.2) is 72.8 Å². The minimum absolute atomic E-state index is 0.205. The van der Waals surface area contributed by atoms with Crippen molar-refractivity contribution in [1.82, 2.24) is 0 Å². The third kappa shape index (κ3) is 4.58. The molecule has 0 saturated carbocycles. The lowest BCUT2D eigenvalue weighted by Gasteiger charge is -2.31. The highest BCUT2D eigenvalue weighted by atomic mass is 16.5. The highest BCUT2D eigenvalue weighted by Crippen LogP contribution is 2.25. The van der Waals surface area contributed by atoms with Gasteiger partial charge in [-0.15, -0.1) is 0 Å². The standard InChI is InChI=1S/C24H24N2O3/c27-24(28)22-16-21(10-11-23(22)26-12-14-29-15-13-26)25-17-18-6-8-20(9-7-18)19-4-2-1-3-5-19/h1-11,16,25H,12-15,17H2,(H,27,28)/p-1. The van der Waals surface area contributed by atoms with Gasteiger partial charge in [-0.25, -0.2) is 0 Å². The third-order valence-electron chi connectivity index (χ3n) is 5.13. The number of rotatable bonds is 6. The summed E-state index contributed by atoms with van der Waals surface area (Å²) in [6, 6.07) is 24.0. The number of nitrogens with zero attached hydrogens (tertiary/aromatic N) is 1. The second kappa shape index (κ2) is 8.80. The van der Waals surface area contributed by atoms with Crippen molar-refractivity contribution < 1.29 is 14.6 Å². The minimum Gasteiger partial charge on any atom is -0.545 e. The van der Waals surface area contributed by atoms with Crippen molar-refractivity contribution in [2.75, 3.05) is 36.5 Å².